The number of rotatable bonds is 4. The van der Waals surface area contributed by atoms with Crippen LogP contribution in [0, 0.1) is 12.7 Å². The summed E-state index contributed by atoms with van der Waals surface area (Å²) in [7, 11) is 4.87. The minimum absolute atomic E-state index is 0. The third-order valence-corrected chi connectivity index (χ3v) is 0.894. The molecule has 0 saturated carbocycles. The van der Waals surface area contributed by atoms with Crippen LogP contribution < -0.4 is 0 Å². The van der Waals surface area contributed by atoms with E-state index in [1.165, 1.54) is 0 Å². The van der Waals surface area contributed by atoms with Crippen molar-refractivity contribution in [2.45, 2.75) is 12.2 Å². The molecule has 0 amide bonds. The smallest absolute Gasteiger partial charge is 0 e. The van der Waals surface area contributed by atoms with Crippen molar-refractivity contribution in [2.75, 3.05) is 6.61 Å². The van der Waals surface area contributed by atoms with Crippen LogP contribution >= 0.6 is 0 Å². The molecule has 10 heavy (non-hydrogen) atoms. The number of hydrogen-bond acceptors (Lipinski definition) is 3. The first kappa shape index (κ1) is 13.6. The molecule has 0 aliphatic rings. The first-order valence-electron chi connectivity index (χ1n) is 2.57. The Balaban J connectivity index is 0. The average molecular weight is 217 g/mol. The van der Waals surface area contributed by atoms with Crippen LogP contribution in [0.15, 0.2) is 0 Å². The van der Waals surface area contributed by atoms with Gasteiger partial charge < -0.3 is 21.6 Å². The van der Waals surface area contributed by atoms with Crippen LogP contribution in [0.1, 0.15) is 0 Å². The summed E-state index contributed by atoms with van der Waals surface area (Å²) in [4.78, 5) is 0. The Morgan fingerprint density at radius 2 is 1.80 bits per heavy atom. The van der Waals surface area contributed by atoms with Gasteiger partial charge in [0.25, 0.3) is 0 Å². The molecule has 0 aromatic heterocycles. The van der Waals surface area contributed by atoms with Crippen molar-refractivity contribution < 1.29 is 48.0 Å². The molecule has 0 saturated heterocycles. The van der Waals surface area contributed by atoms with Crippen molar-refractivity contribution in [1.29, 1.82) is 0 Å². The van der Waals surface area contributed by atoms with Gasteiger partial charge in [0, 0.05) is 32.7 Å². The van der Waals surface area contributed by atoms with Gasteiger partial charge in [-0.1, -0.05) is 18.8 Å². The van der Waals surface area contributed by atoms with Gasteiger partial charge in [-0.15, -0.1) is 0 Å². The minimum atomic E-state index is -1.09. The summed E-state index contributed by atoms with van der Waals surface area (Å²) in [5, 5.41) is 25.6. The van der Waals surface area contributed by atoms with E-state index in [1.807, 2.05) is 0 Å². The molecule has 0 aromatic carbocycles. The summed E-state index contributed by atoms with van der Waals surface area (Å²) in [6, 6.07) is 0. The predicted molar refractivity (Wildman–Crippen MR) is 33.5 cm³/mol. The summed E-state index contributed by atoms with van der Waals surface area (Å²) in [6.45, 7) is -0.272. The van der Waals surface area contributed by atoms with Crippen molar-refractivity contribution in [2.24, 2.45) is 0 Å². The van der Waals surface area contributed by atoms with Gasteiger partial charge >= 0.3 is 0 Å². The van der Waals surface area contributed by atoms with Crippen molar-refractivity contribution in [3.05, 3.63) is 12.7 Å². The molecule has 0 heterocycles. The van der Waals surface area contributed by atoms with Gasteiger partial charge in [0.15, 0.2) is 0 Å². The molecule has 0 bridgehead atoms. The van der Waals surface area contributed by atoms with Gasteiger partial charge in [0.2, 0.25) is 0 Å². The molecule has 55 valence electrons. The minimum Gasteiger partial charge on any atom is -0.428 e. The normalized spacial score (nSPS) is 15.5. The largest absolute Gasteiger partial charge is 0.428 e. The third kappa shape index (κ3) is 5.81. The summed E-state index contributed by atoms with van der Waals surface area (Å²) >= 11 is 0. The molecule has 0 aromatic rings. The number of hydrogen-bond donors (Lipinski definition) is 3. The maximum Gasteiger partial charge on any atom is 0 e. The molecule has 2 atom stereocenters. The Labute approximate surface area is 87.1 Å². The standard InChI is InChI=1S/C5H9BO3.Y/c6-3-5(9)4(8)1-2-7;/h1,3-5,7-9H,2H2;/q-2;/t4-,5?;/m0./s1. The van der Waals surface area contributed by atoms with E-state index in [4.69, 9.17) is 23.2 Å². The van der Waals surface area contributed by atoms with E-state index in [0.29, 0.717) is 0 Å². The van der Waals surface area contributed by atoms with Crippen LogP contribution in [0.25, 0.3) is 0 Å². The molecule has 0 fully saturated rings. The maximum absolute atomic E-state index is 8.74. The molecule has 1 unspecified atom stereocenters. The Hall–Kier alpha value is 1.05. The van der Waals surface area contributed by atoms with Crippen molar-refractivity contribution in [3.8, 4) is 0 Å². The fraction of sp³-hybridized carbons (Fsp3) is 0.600. The molecule has 0 aliphatic heterocycles. The third-order valence-electron chi connectivity index (χ3n) is 0.894. The van der Waals surface area contributed by atoms with E-state index in [9.17, 15) is 0 Å². The molecular formula is C5H9BO3Y-2. The predicted octanol–water partition coefficient (Wildman–Crippen LogP) is -1.77. The van der Waals surface area contributed by atoms with Crippen LogP contribution in [0.2, 0.25) is 0 Å². The van der Waals surface area contributed by atoms with E-state index in [2.05, 4.69) is 0 Å². The van der Waals surface area contributed by atoms with E-state index in [-0.39, 0.29) is 39.3 Å². The van der Waals surface area contributed by atoms with Crippen LogP contribution in [0.3, 0.4) is 0 Å². The zero-order chi connectivity index (χ0) is 7.28. The SMILES string of the molecule is [B][CH-]C(O)[C@@H](O)[CH-]CO.[Y]. The first-order valence-corrected chi connectivity index (χ1v) is 2.57. The topological polar surface area (TPSA) is 60.7 Å². The van der Waals surface area contributed by atoms with Gasteiger partial charge in [-0.3, -0.25) is 6.42 Å². The van der Waals surface area contributed by atoms with E-state index in [0.717, 1.165) is 12.7 Å². The fourth-order valence-electron chi connectivity index (χ4n) is 0.361. The molecule has 3 radical (unpaired) electrons. The van der Waals surface area contributed by atoms with Gasteiger partial charge in [-0.25, -0.2) is 0 Å². The zero-order valence-electron chi connectivity index (χ0n) is 5.51. The summed E-state index contributed by atoms with van der Waals surface area (Å²) in [6.07, 6.45) is -0.0534. The Morgan fingerprint density at radius 3 is 2.10 bits per heavy atom. The van der Waals surface area contributed by atoms with Gasteiger partial charge in [-0.2, -0.15) is 7.85 Å². The van der Waals surface area contributed by atoms with Crippen molar-refractivity contribution in [3.63, 3.8) is 0 Å². The summed E-state index contributed by atoms with van der Waals surface area (Å²) in [5.41, 5.74) is 0. The molecule has 0 aliphatic carbocycles. The molecule has 0 spiro atoms. The van der Waals surface area contributed by atoms with Crippen LogP contribution in [0.4, 0.5) is 0 Å². The second-order valence-corrected chi connectivity index (χ2v) is 1.59. The van der Waals surface area contributed by atoms with Gasteiger partial charge in [-0.05, 0) is 0 Å². The second kappa shape index (κ2) is 8.15. The summed E-state index contributed by atoms with van der Waals surface area (Å²) in [5.74, 6) is 0. The molecule has 5 heteroatoms. The Bertz CT molecular complexity index is 73.9. The number of aliphatic hydroxyl groups excluding tert-OH is 3. The first-order chi connectivity index (χ1) is 4.22. The zero-order valence-corrected chi connectivity index (χ0v) is 8.35. The Kier molecular flexibility index (Phi) is 11.1. The average Bonchev–Trinajstić information content (AvgIpc) is 1.87. The quantitative estimate of drug-likeness (QED) is 0.385. The van der Waals surface area contributed by atoms with E-state index < -0.39 is 12.2 Å². The van der Waals surface area contributed by atoms with Crippen LogP contribution in [-0.4, -0.2) is 42.0 Å². The van der Waals surface area contributed by atoms with Crippen molar-refractivity contribution >= 4 is 7.85 Å². The number of aliphatic hydroxyl groups is 3. The van der Waals surface area contributed by atoms with E-state index >= 15 is 0 Å². The molecular weight excluding hydrogens is 208 g/mol. The molecule has 0 rings (SSSR count). The summed E-state index contributed by atoms with van der Waals surface area (Å²) < 4.78 is 0. The fourth-order valence-corrected chi connectivity index (χ4v) is 0.361. The van der Waals surface area contributed by atoms with Crippen LogP contribution in [-0.2, 0) is 32.7 Å². The van der Waals surface area contributed by atoms with Gasteiger partial charge in [0.05, 0.1) is 0 Å². The monoisotopic (exact) mass is 217 g/mol. The molecule has 3 nitrogen and oxygen atoms in total. The molecule has 3 N–H and O–H groups in total. The van der Waals surface area contributed by atoms with E-state index in [1.54, 1.807) is 0 Å². The maximum atomic E-state index is 8.74. The van der Waals surface area contributed by atoms with Gasteiger partial charge in [0.1, 0.15) is 0 Å². The van der Waals surface area contributed by atoms with Crippen LogP contribution in [0.5, 0.6) is 0 Å². The Morgan fingerprint density at radius 1 is 1.30 bits per heavy atom. The second-order valence-electron chi connectivity index (χ2n) is 1.59. The van der Waals surface area contributed by atoms with Crippen molar-refractivity contribution in [1.82, 2.24) is 0 Å².